The van der Waals surface area contributed by atoms with Crippen LogP contribution in [-0.4, -0.2) is 74.0 Å². The second kappa shape index (κ2) is 10.2. The normalized spacial score (nSPS) is 28.1. The number of rotatable bonds is 6. The summed E-state index contributed by atoms with van der Waals surface area (Å²) >= 11 is 0. The molecular weight excluding hydrogens is 564 g/mol. The van der Waals surface area contributed by atoms with Crippen molar-refractivity contribution in [1.29, 1.82) is 0 Å². The number of nitrogens with zero attached hydrogens (tertiary/aromatic N) is 5. The minimum atomic E-state index is -0.686. The number of aromatic nitrogens is 3. The van der Waals surface area contributed by atoms with Gasteiger partial charge in [0.15, 0.2) is 5.82 Å². The van der Waals surface area contributed by atoms with E-state index in [4.69, 9.17) is 9.72 Å². The third kappa shape index (κ3) is 4.24. The van der Waals surface area contributed by atoms with Gasteiger partial charge in [-0.25, -0.2) is 8.78 Å². The van der Waals surface area contributed by atoms with Gasteiger partial charge in [0.1, 0.15) is 35.2 Å². The second-order valence-corrected chi connectivity index (χ2v) is 13.5. The number of phenols is 1. The first-order chi connectivity index (χ1) is 21.2. The zero-order chi connectivity index (χ0) is 30.3. The van der Waals surface area contributed by atoms with Crippen LogP contribution in [0.5, 0.6) is 11.8 Å². The number of ether oxygens (including phenoxy) is 1. The smallest absolute Gasteiger partial charge is 0.319 e. The first-order valence-corrected chi connectivity index (χ1v) is 15.9. The minimum Gasteiger partial charge on any atom is -0.508 e. The fraction of sp³-hybridized carbons (Fsp3) is 0.500. The number of benzene rings is 2. The second-order valence-electron chi connectivity index (χ2n) is 13.5. The molecule has 4 aromatic rings. The molecule has 5 atom stereocenters. The molecule has 10 heteroatoms. The van der Waals surface area contributed by atoms with E-state index >= 15 is 4.39 Å². The lowest BCUT2D eigenvalue weighted by Gasteiger charge is -2.33. The van der Waals surface area contributed by atoms with Gasteiger partial charge in [0.25, 0.3) is 0 Å². The van der Waals surface area contributed by atoms with E-state index in [1.54, 1.807) is 18.3 Å². The van der Waals surface area contributed by atoms with E-state index in [2.05, 4.69) is 26.7 Å². The summed E-state index contributed by atoms with van der Waals surface area (Å²) in [5.74, 6) is 0.286. The Morgan fingerprint density at radius 1 is 1.14 bits per heavy atom. The van der Waals surface area contributed by atoms with Gasteiger partial charge in [-0.15, -0.1) is 0 Å². The number of anilines is 1. The first kappa shape index (κ1) is 27.9. The van der Waals surface area contributed by atoms with Gasteiger partial charge in [-0.2, -0.15) is 9.97 Å². The summed E-state index contributed by atoms with van der Waals surface area (Å²) in [6, 6.07) is 5.92. The lowest BCUT2D eigenvalue weighted by Crippen LogP contribution is -2.44. The van der Waals surface area contributed by atoms with Gasteiger partial charge in [0.05, 0.1) is 23.1 Å². The van der Waals surface area contributed by atoms with Crippen LogP contribution in [-0.2, 0) is 6.42 Å². The van der Waals surface area contributed by atoms with Gasteiger partial charge >= 0.3 is 6.01 Å². The highest BCUT2D eigenvalue weighted by atomic mass is 19.1. The highest BCUT2D eigenvalue weighted by molar-refractivity contribution is 6.01. The quantitative estimate of drug-likeness (QED) is 0.295. The summed E-state index contributed by atoms with van der Waals surface area (Å²) in [6.45, 7) is 7.34. The van der Waals surface area contributed by atoms with Crippen molar-refractivity contribution >= 4 is 27.5 Å². The molecule has 2 N–H and O–H groups in total. The van der Waals surface area contributed by atoms with Crippen LogP contribution < -0.4 is 9.64 Å². The average molecular weight is 602 g/mol. The van der Waals surface area contributed by atoms with Gasteiger partial charge in [0.2, 0.25) is 0 Å². The fourth-order valence-electron chi connectivity index (χ4n) is 8.78. The minimum absolute atomic E-state index is 0.0255. The van der Waals surface area contributed by atoms with Crippen molar-refractivity contribution in [2.24, 2.45) is 11.8 Å². The largest absolute Gasteiger partial charge is 0.508 e. The van der Waals surface area contributed by atoms with Crippen LogP contribution in [0.4, 0.5) is 14.6 Å². The van der Waals surface area contributed by atoms with Crippen LogP contribution in [0.1, 0.15) is 51.5 Å². The van der Waals surface area contributed by atoms with Gasteiger partial charge < -0.3 is 19.8 Å². The van der Waals surface area contributed by atoms with Crippen molar-refractivity contribution in [3.05, 3.63) is 47.7 Å². The van der Waals surface area contributed by atoms with Gasteiger partial charge in [-0.3, -0.25) is 9.88 Å². The number of aliphatic hydroxyl groups excluding tert-OH is 1. The van der Waals surface area contributed by atoms with Crippen LogP contribution in [0, 0.1) is 23.5 Å². The maximum absolute atomic E-state index is 16.8. The van der Waals surface area contributed by atoms with Crippen LogP contribution >= 0.6 is 0 Å². The highest BCUT2D eigenvalue weighted by Crippen LogP contribution is 2.45. The standard InChI is InChI=1S/C34H37F2N5O3/c1-3-22-25(35)6-5-20-11-21(42)12-23(28(20)22)30-29(36)31-24(14-37-30)32(41-16-19-9-26(41)27(43)10-19)39-33(38-31)44-17-34-7-4-8-40(34)15-18(2)13-34/h5-6,11-12,14,18-19,26-27,42-43H,3-4,7-10,13,15-17H2,1-2H3/t18-,19+,26-,27+,34+/m1/s1. The van der Waals surface area contributed by atoms with Crippen molar-refractivity contribution in [1.82, 2.24) is 19.9 Å². The Morgan fingerprint density at radius 3 is 2.80 bits per heavy atom. The Kier molecular flexibility index (Phi) is 6.47. The number of hydrogen-bond acceptors (Lipinski definition) is 8. The Labute approximate surface area is 254 Å². The SMILES string of the molecule is CCc1c(F)ccc2cc(O)cc(-c3ncc4c(N5C[C@H]6C[C@@H]5[C@@H](O)C6)nc(OC[C@@]56CCCN5C[C@H](C)C6)nc4c3F)c12. The molecule has 2 bridgehead atoms. The number of hydrogen-bond donors (Lipinski definition) is 2. The van der Waals surface area contributed by atoms with Crippen molar-refractivity contribution in [2.75, 3.05) is 31.1 Å². The molecule has 8 nitrogen and oxygen atoms in total. The molecule has 230 valence electrons. The molecule has 44 heavy (non-hydrogen) atoms. The Bertz CT molecular complexity index is 1800. The summed E-state index contributed by atoms with van der Waals surface area (Å²) < 4.78 is 38.1. The summed E-state index contributed by atoms with van der Waals surface area (Å²) in [5, 5.41) is 22.9. The summed E-state index contributed by atoms with van der Waals surface area (Å²) in [7, 11) is 0. The molecule has 2 aromatic carbocycles. The molecule has 3 saturated heterocycles. The molecule has 0 radical (unpaired) electrons. The number of aromatic hydroxyl groups is 1. The molecule has 0 spiro atoms. The van der Waals surface area contributed by atoms with Crippen molar-refractivity contribution in [3.8, 4) is 23.0 Å². The van der Waals surface area contributed by atoms with Crippen LogP contribution in [0.25, 0.3) is 32.9 Å². The lowest BCUT2D eigenvalue weighted by molar-refractivity contribution is 0.107. The molecule has 1 saturated carbocycles. The van der Waals surface area contributed by atoms with Crippen molar-refractivity contribution < 1.29 is 23.7 Å². The number of halogens is 2. The molecule has 8 rings (SSSR count). The van der Waals surface area contributed by atoms with E-state index in [0.29, 0.717) is 64.5 Å². The van der Waals surface area contributed by atoms with Crippen molar-refractivity contribution in [3.63, 3.8) is 0 Å². The number of aryl methyl sites for hydroxylation is 1. The first-order valence-electron chi connectivity index (χ1n) is 15.9. The molecule has 0 amide bonds. The third-order valence-electron chi connectivity index (χ3n) is 10.6. The number of aliphatic hydroxyl groups is 1. The molecule has 1 aliphatic carbocycles. The number of pyridine rings is 1. The number of piperidine rings is 1. The predicted octanol–water partition coefficient (Wildman–Crippen LogP) is 5.60. The van der Waals surface area contributed by atoms with E-state index in [1.807, 2.05) is 6.92 Å². The average Bonchev–Trinajstić information content (AvgIpc) is 3.75. The van der Waals surface area contributed by atoms with E-state index < -0.39 is 17.7 Å². The molecule has 3 aliphatic heterocycles. The Morgan fingerprint density at radius 2 is 2.00 bits per heavy atom. The highest BCUT2D eigenvalue weighted by Gasteiger charge is 2.48. The predicted molar refractivity (Wildman–Crippen MR) is 164 cm³/mol. The van der Waals surface area contributed by atoms with E-state index in [0.717, 1.165) is 45.2 Å². The number of phenolic OH excluding ortho intramolecular Hbond substituents is 1. The van der Waals surface area contributed by atoms with Crippen molar-refractivity contribution in [2.45, 2.75) is 70.1 Å². The molecule has 2 aromatic heterocycles. The summed E-state index contributed by atoms with van der Waals surface area (Å²) in [4.78, 5) is 18.6. The summed E-state index contributed by atoms with van der Waals surface area (Å²) in [6.07, 6.45) is 6.28. The van der Waals surface area contributed by atoms with Crippen LogP contribution in [0.15, 0.2) is 30.5 Å². The Hall–Kier alpha value is -3.63. The van der Waals surface area contributed by atoms with Gasteiger partial charge in [0, 0.05) is 24.8 Å². The monoisotopic (exact) mass is 601 g/mol. The van der Waals surface area contributed by atoms with Gasteiger partial charge in [-0.1, -0.05) is 19.9 Å². The molecule has 4 aliphatic rings. The lowest BCUT2D eigenvalue weighted by atomic mass is 9.92. The molecule has 0 unspecified atom stereocenters. The van der Waals surface area contributed by atoms with E-state index in [1.165, 1.54) is 12.1 Å². The van der Waals surface area contributed by atoms with Crippen LogP contribution in [0.2, 0.25) is 0 Å². The van der Waals surface area contributed by atoms with Crippen LogP contribution in [0.3, 0.4) is 0 Å². The zero-order valence-electron chi connectivity index (χ0n) is 25.1. The van der Waals surface area contributed by atoms with E-state index in [-0.39, 0.29) is 34.6 Å². The van der Waals surface area contributed by atoms with Gasteiger partial charge in [-0.05, 0) is 91.4 Å². The third-order valence-corrected chi connectivity index (χ3v) is 10.6. The Balaban J connectivity index is 1.28. The van der Waals surface area contributed by atoms with E-state index in [9.17, 15) is 14.6 Å². The zero-order valence-corrected chi connectivity index (χ0v) is 25.1. The molecule has 5 heterocycles. The fourth-order valence-corrected chi connectivity index (χ4v) is 8.78. The summed E-state index contributed by atoms with van der Waals surface area (Å²) in [5.41, 5.74) is 0.694. The maximum Gasteiger partial charge on any atom is 0.319 e. The number of fused-ring (bicyclic) bond motifs is 5. The molecular formula is C34H37F2N5O3. The topological polar surface area (TPSA) is 94.8 Å². The molecule has 4 fully saturated rings. The maximum atomic E-state index is 16.8.